The van der Waals surface area contributed by atoms with Gasteiger partial charge in [-0.3, -0.25) is 0 Å². The first-order chi connectivity index (χ1) is 13.6. The number of nitrogens with zero attached hydrogens (tertiary/aromatic N) is 1. The van der Waals surface area contributed by atoms with Crippen LogP contribution in [0.3, 0.4) is 0 Å². The number of nitrogens with one attached hydrogen (secondary N) is 1. The van der Waals surface area contributed by atoms with Crippen LogP contribution in [0.4, 0.5) is 5.69 Å². The Bertz CT molecular complexity index is 988. The predicted octanol–water partition coefficient (Wildman–Crippen LogP) is 6.40. The fraction of sp³-hybridized carbons (Fsp3) is 0.208. The molecule has 1 aliphatic heterocycles. The number of hydrogen-bond donors (Lipinski definition) is 1. The molecule has 1 unspecified atom stereocenters. The maximum atomic E-state index is 6.70. The van der Waals surface area contributed by atoms with E-state index in [0.29, 0.717) is 5.03 Å². The molecule has 1 N–H and O–H groups in total. The smallest absolute Gasteiger partial charge is 0.122 e. The van der Waals surface area contributed by atoms with Crippen molar-refractivity contribution in [3.8, 4) is 0 Å². The number of anilines is 1. The average molecular weight is 409 g/mol. The molecule has 2 aliphatic rings. The van der Waals surface area contributed by atoms with E-state index >= 15 is 0 Å². The molecule has 0 spiro atoms. The van der Waals surface area contributed by atoms with Gasteiger partial charge in [-0.2, -0.15) is 0 Å². The molecule has 1 saturated heterocycles. The normalized spacial score (nSPS) is 22.0. The lowest BCUT2D eigenvalue weighted by Crippen LogP contribution is -2.26. The molecule has 2 nitrogen and oxygen atoms in total. The molecule has 0 amide bonds. The maximum absolute atomic E-state index is 6.70. The van der Waals surface area contributed by atoms with Gasteiger partial charge >= 0.3 is 0 Å². The summed E-state index contributed by atoms with van der Waals surface area (Å²) in [5, 5.41) is 4.29. The summed E-state index contributed by atoms with van der Waals surface area (Å²) in [6, 6.07) is 17.2. The van der Waals surface area contributed by atoms with Gasteiger partial charge in [-0.25, -0.2) is 0 Å². The Morgan fingerprint density at radius 3 is 2.46 bits per heavy atom. The minimum atomic E-state index is 0.188. The third-order valence-electron chi connectivity index (χ3n) is 5.43. The first-order valence-corrected chi connectivity index (χ1v) is 10.2. The van der Waals surface area contributed by atoms with Crippen molar-refractivity contribution in [2.24, 2.45) is 0 Å². The van der Waals surface area contributed by atoms with E-state index in [2.05, 4.69) is 84.6 Å². The Hall–Kier alpha value is -2.16. The third-order valence-corrected chi connectivity index (χ3v) is 6.07. The topological polar surface area (TPSA) is 15.3 Å². The Kier molecular flexibility index (Phi) is 5.52. The van der Waals surface area contributed by atoms with Crippen LogP contribution >= 0.6 is 23.2 Å². The summed E-state index contributed by atoms with van der Waals surface area (Å²) < 4.78 is 0. The summed E-state index contributed by atoms with van der Waals surface area (Å²) in [6.07, 6.45) is 4.76. The van der Waals surface area contributed by atoms with Gasteiger partial charge in [0, 0.05) is 17.8 Å². The van der Waals surface area contributed by atoms with Crippen LogP contribution < -0.4 is 10.2 Å². The van der Waals surface area contributed by atoms with Crippen LogP contribution in [0.2, 0.25) is 0 Å². The van der Waals surface area contributed by atoms with Gasteiger partial charge in [0.15, 0.2) is 0 Å². The number of rotatable bonds is 3. The molecule has 2 radical (unpaired) electrons. The molecule has 0 saturated carbocycles. The Morgan fingerprint density at radius 2 is 1.75 bits per heavy atom. The van der Waals surface area contributed by atoms with Crippen molar-refractivity contribution in [3.63, 3.8) is 0 Å². The summed E-state index contributed by atoms with van der Waals surface area (Å²) in [6.45, 7) is 5.13. The standard InChI is InChI=1S/C24H22Cl2N2/c1-16-8-3-5-11-19(16)22-15-27-24(20-12-7-10-18(14-25)23(20)26)28(22)21-13-6-4-9-17(21)2/h3-11,13,22,27H,12,15H2,1-2H3. The van der Waals surface area contributed by atoms with Gasteiger partial charge in [-0.15, -0.1) is 11.6 Å². The molecular weight excluding hydrogens is 387 g/mol. The molecule has 0 aromatic heterocycles. The minimum absolute atomic E-state index is 0.188. The monoisotopic (exact) mass is 408 g/mol. The zero-order chi connectivity index (χ0) is 19.7. The van der Waals surface area contributed by atoms with E-state index in [-0.39, 0.29) is 6.04 Å². The van der Waals surface area contributed by atoms with Crippen molar-refractivity contribution in [1.29, 1.82) is 0 Å². The Balaban J connectivity index is 1.90. The SMILES string of the molecule is Cc1ccccc1C1CNC(=C2CC=CC([C]Cl)=C2Cl)N1c1ccccc1C. The summed E-state index contributed by atoms with van der Waals surface area (Å²) in [4.78, 5) is 2.39. The summed E-state index contributed by atoms with van der Waals surface area (Å²) in [7, 11) is 0. The van der Waals surface area contributed by atoms with Crippen LogP contribution in [0.15, 0.2) is 82.7 Å². The van der Waals surface area contributed by atoms with Gasteiger partial charge in [-0.05, 0) is 48.6 Å². The van der Waals surface area contributed by atoms with E-state index in [1.165, 1.54) is 22.4 Å². The first-order valence-electron chi connectivity index (χ1n) is 9.42. The Labute approximate surface area is 177 Å². The van der Waals surface area contributed by atoms with Crippen LogP contribution in [0.5, 0.6) is 0 Å². The average Bonchev–Trinajstić information content (AvgIpc) is 3.13. The van der Waals surface area contributed by atoms with Crippen LogP contribution in [-0.2, 0) is 0 Å². The van der Waals surface area contributed by atoms with E-state index in [1.807, 2.05) is 6.08 Å². The zero-order valence-electron chi connectivity index (χ0n) is 16.0. The number of para-hydroxylation sites is 1. The molecule has 1 atom stereocenters. The summed E-state index contributed by atoms with van der Waals surface area (Å²) >= 11 is 12.6. The van der Waals surface area contributed by atoms with Gasteiger partial charge < -0.3 is 10.2 Å². The number of benzene rings is 2. The van der Waals surface area contributed by atoms with E-state index in [0.717, 1.165) is 29.9 Å². The van der Waals surface area contributed by atoms with Crippen molar-refractivity contribution in [3.05, 3.63) is 105 Å². The molecule has 4 rings (SSSR count). The molecule has 1 heterocycles. The van der Waals surface area contributed by atoms with Gasteiger partial charge in [0.25, 0.3) is 0 Å². The first kappa shape index (κ1) is 19.2. The lowest BCUT2D eigenvalue weighted by Gasteiger charge is -2.31. The lowest BCUT2D eigenvalue weighted by atomic mass is 9.98. The molecule has 0 bridgehead atoms. The van der Waals surface area contributed by atoms with E-state index in [4.69, 9.17) is 23.2 Å². The molecular formula is C24H22Cl2N2. The molecule has 2 aromatic carbocycles. The van der Waals surface area contributed by atoms with Crippen molar-refractivity contribution >= 4 is 28.9 Å². The van der Waals surface area contributed by atoms with Crippen LogP contribution in [-0.4, -0.2) is 6.54 Å². The van der Waals surface area contributed by atoms with Gasteiger partial charge in [0.1, 0.15) is 11.7 Å². The number of aryl methyl sites for hydroxylation is 2. The largest absolute Gasteiger partial charge is 0.369 e. The van der Waals surface area contributed by atoms with Crippen molar-refractivity contribution < 1.29 is 0 Å². The van der Waals surface area contributed by atoms with Crippen molar-refractivity contribution in [2.75, 3.05) is 11.4 Å². The molecule has 28 heavy (non-hydrogen) atoms. The number of hydrogen-bond acceptors (Lipinski definition) is 2. The van der Waals surface area contributed by atoms with E-state index < -0.39 is 0 Å². The fourth-order valence-corrected chi connectivity index (χ4v) is 4.49. The lowest BCUT2D eigenvalue weighted by molar-refractivity contribution is 0.749. The highest BCUT2D eigenvalue weighted by atomic mass is 35.5. The molecule has 142 valence electrons. The molecule has 1 fully saturated rings. The minimum Gasteiger partial charge on any atom is -0.369 e. The van der Waals surface area contributed by atoms with Gasteiger partial charge in [0.05, 0.1) is 11.1 Å². The third kappa shape index (κ3) is 3.36. The number of halogens is 2. The summed E-state index contributed by atoms with van der Waals surface area (Å²) in [5.41, 5.74) is 6.78. The second-order valence-corrected chi connectivity index (χ2v) is 7.73. The predicted molar refractivity (Wildman–Crippen MR) is 118 cm³/mol. The van der Waals surface area contributed by atoms with Crippen LogP contribution in [0.1, 0.15) is 29.2 Å². The molecule has 1 aliphatic carbocycles. The fourth-order valence-electron chi connectivity index (χ4n) is 4.00. The highest BCUT2D eigenvalue weighted by Gasteiger charge is 2.34. The maximum Gasteiger partial charge on any atom is 0.122 e. The highest BCUT2D eigenvalue weighted by Crippen LogP contribution is 2.41. The second kappa shape index (κ2) is 8.06. The number of allylic oxidation sites excluding steroid dienone is 5. The Morgan fingerprint density at radius 1 is 1.04 bits per heavy atom. The quantitative estimate of drug-likeness (QED) is 0.631. The van der Waals surface area contributed by atoms with E-state index in [1.54, 1.807) is 0 Å². The second-order valence-electron chi connectivity index (χ2n) is 7.17. The molecule has 2 aromatic rings. The zero-order valence-corrected chi connectivity index (χ0v) is 17.5. The van der Waals surface area contributed by atoms with Gasteiger partial charge in [-0.1, -0.05) is 66.2 Å². The van der Waals surface area contributed by atoms with Gasteiger partial charge in [0.2, 0.25) is 0 Å². The van der Waals surface area contributed by atoms with Crippen LogP contribution in [0.25, 0.3) is 0 Å². The molecule has 4 heteroatoms. The highest BCUT2D eigenvalue weighted by molar-refractivity contribution is 6.34. The van der Waals surface area contributed by atoms with Crippen molar-refractivity contribution in [1.82, 2.24) is 5.32 Å². The van der Waals surface area contributed by atoms with Crippen LogP contribution in [0, 0.1) is 19.7 Å². The van der Waals surface area contributed by atoms with E-state index in [9.17, 15) is 0 Å². The van der Waals surface area contributed by atoms with Crippen molar-refractivity contribution in [2.45, 2.75) is 26.3 Å². The summed E-state index contributed by atoms with van der Waals surface area (Å²) in [5.74, 6) is 3.72.